The third-order valence-corrected chi connectivity index (χ3v) is 5.73. The lowest BCUT2D eigenvalue weighted by Crippen LogP contribution is -2.22. The molecule has 3 aromatic carbocycles. The zero-order valence-corrected chi connectivity index (χ0v) is 18.4. The van der Waals surface area contributed by atoms with E-state index in [-0.39, 0.29) is 49.8 Å². The van der Waals surface area contributed by atoms with Crippen molar-refractivity contribution in [1.29, 1.82) is 5.26 Å². The fourth-order valence-corrected chi connectivity index (χ4v) is 3.99. The van der Waals surface area contributed by atoms with Crippen LogP contribution in [0.15, 0.2) is 66.1 Å². The molecule has 0 spiro atoms. The molecular weight excluding hydrogens is 488 g/mol. The molecule has 170 valence electrons. The molecule has 1 aliphatic rings. The monoisotopic (exact) mass is 499 g/mol. The van der Waals surface area contributed by atoms with E-state index in [2.05, 4.69) is 0 Å². The van der Waals surface area contributed by atoms with Crippen LogP contribution in [0.5, 0.6) is 11.5 Å². The van der Waals surface area contributed by atoms with Crippen LogP contribution in [0.4, 0.5) is 10.1 Å². The summed E-state index contributed by atoms with van der Waals surface area (Å²) in [5.74, 6) is -2.70. The van der Waals surface area contributed by atoms with E-state index in [1.54, 1.807) is 0 Å². The van der Waals surface area contributed by atoms with Crippen molar-refractivity contribution in [2.24, 2.45) is 5.73 Å². The normalized spacial score (nSPS) is 14.6. The fourth-order valence-electron chi connectivity index (χ4n) is 3.53. The molecule has 1 unspecified atom stereocenters. The van der Waals surface area contributed by atoms with E-state index in [0.29, 0.717) is 5.56 Å². The van der Waals surface area contributed by atoms with Gasteiger partial charge in [-0.25, -0.2) is 9.18 Å². The van der Waals surface area contributed by atoms with Crippen LogP contribution in [-0.2, 0) is 0 Å². The second-order valence-corrected chi connectivity index (χ2v) is 7.88. The van der Waals surface area contributed by atoms with Gasteiger partial charge in [0.25, 0.3) is 5.69 Å². The minimum Gasteiger partial charge on any atom is -0.440 e. The van der Waals surface area contributed by atoms with Crippen molar-refractivity contribution in [2.75, 3.05) is 0 Å². The fraction of sp³-hybridized carbons (Fsp3) is 0.0435. The van der Waals surface area contributed by atoms with Crippen LogP contribution >= 0.6 is 23.2 Å². The van der Waals surface area contributed by atoms with Crippen molar-refractivity contribution < 1.29 is 23.6 Å². The molecule has 11 heteroatoms. The number of allylic oxidation sites excluding steroid dienone is 1. The summed E-state index contributed by atoms with van der Waals surface area (Å²) in [4.78, 5) is 22.9. The highest BCUT2D eigenvalue weighted by Gasteiger charge is 2.34. The molecule has 3 aromatic rings. The molecule has 0 radical (unpaired) electrons. The Bertz CT molecular complexity index is 1410. The van der Waals surface area contributed by atoms with E-state index in [1.807, 2.05) is 6.07 Å². The topological polar surface area (TPSA) is 128 Å². The number of nitro benzene ring substituents is 1. The number of hydrogen-bond acceptors (Lipinski definition) is 7. The van der Waals surface area contributed by atoms with Crippen molar-refractivity contribution in [1.82, 2.24) is 0 Å². The van der Waals surface area contributed by atoms with Gasteiger partial charge < -0.3 is 15.2 Å². The predicted octanol–water partition coefficient (Wildman–Crippen LogP) is 5.48. The minimum absolute atomic E-state index is 0.00193. The molecule has 1 atom stereocenters. The number of halogens is 3. The van der Waals surface area contributed by atoms with E-state index in [4.69, 9.17) is 38.4 Å². The number of benzene rings is 3. The molecule has 8 nitrogen and oxygen atoms in total. The first-order valence-electron chi connectivity index (χ1n) is 9.52. The van der Waals surface area contributed by atoms with E-state index < -0.39 is 22.6 Å². The lowest BCUT2D eigenvalue weighted by molar-refractivity contribution is -0.384. The Labute approximate surface area is 201 Å². The van der Waals surface area contributed by atoms with Gasteiger partial charge in [-0.2, -0.15) is 5.26 Å². The number of carbonyl (C=O) groups excluding carboxylic acids is 1. The zero-order valence-electron chi connectivity index (χ0n) is 16.9. The van der Waals surface area contributed by atoms with Gasteiger partial charge in [0.1, 0.15) is 29.0 Å². The first-order valence-corrected chi connectivity index (χ1v) is 10.3. The summed E-state index contributed by atoms with van der Waals surface area (Å²) in [5, 5.41) is 20.7. The number of nitrogens with zero attached hydrogens (tertiary/aromatic N) is 2. The second kappa shape index (κ2) is 9.02. The number of non-ortho nitro benzene ring substituents is 1. The van der Waals surface area contributed by atoms with E-state index in [0.717, 1.165) is 12.1 Å². The number of hydrogen-bond donors (Lipinski definition) is 1. The average molecular weight is 500 g/mol. The first-order chi connectivity index (χ1) is 16.2. The second-order valence-electron chi connectivity index (χ2n) is 7.07. The Morgan fingerprint density at radius 3 is 2.62 bits per heavy atom. The molecule has 2 N–H and O–H groups in total. The van der Waals surface area contributed by atoms with Gasteiger partial charge in [0, 0.05) is 34.3 Å². The molecule has 1 aliphatic heterocycles. The van der Waals surface area contributed by atoms with Crippen molar-refractivity contribution >= 4 is 34.9 Å². The number of nitro groups is 1. The third kappa shape index (κ3) is 4.12. The maximum Gasteiger partial charge on any atom is 0.345 e. The molecule has 0 aromatic heterocycles. The minimum atomic E-state index is -0.960. The lowest BCUT2D eigenvalue weighted by atomic mass is 9.83. The highest BCUT2D eigenvalue weighted by molar-refractivity contribution is 6.33. The van der Waals surface area contributed by atoms with Gasteiger partial charge >= 0.3 is 5.97 Å². The highest BCUT2D eigenvalue weighted by atomic mass is 35.5. The summed E-state index contributed by atoms with van der Waals surface area (Å²) < 4.78 is 25.5. The molecule has 34 heavy (non-hydrogen) atoms. The third-order valence-electron chi connectivity index (χ3n) is 5.07. The summed E-state index contributed by atoms with van der Waals surface area (Å²) in [5.41, 5.74) is 5.75. The molecule has 0 aliphatic carbocycles. The molecule has 4 rings (SSSR count). The predicted molar refractivity (Wildman–Crippen MR) is 120 cm³/mol. The highest BCUT2D eigenvalue weighted by Crippen LogP contribution is 2.46. The van der Waals surface area contributed by atoms with Gasteiger partial charge in [-0.3, -0.25) is 10.1 Å². The van der Waals surface area contributed by atoms with Crippen LogP contribution in [-0.4, -0.2) is 10.9 Å². The van der Waals surface area contributed by atoms with Crippen LogP contribution in [0, 0.1) is 27.3 Å². The number of rotatable bonds is 4. The summed E-state index contributed by atoms with van der Waals surface area (Å²) in [6.07, 6.45) is 0. The number of fused-ring (bicyclic) bond motifs is 1. The quantitative estimate of drug-likeness (QED) is 0.217. The van der Waals surface area contributed by atoms with E-state index in [9.17, 15) is 24.6 Å². The maximum absolute atomic E-state index is 14.7. The zero-order chi connectivity index (χ0) is 24.6. The smallest absolute Gasteiger partial charge is 0.345 e. The summed E-state index contributed by atoms with van der Waals surface area (Å²) in [6.45, 7) is 0. The molecule has 0 bridgehead atoms. The number of carbonyl (C=O) groups is 1. The van der Waals surface area contributed by atoms with Crippen LogP contribution in [0.2, 0.25) is 10.0 Å². The lowest BCUT2D eigenvalue weighted by Gasteiger charge is -2.27. The molecule has 0 amide bonds. The van der Waals surface area contributed by atoms with Gasteiger partial charge in [0.05, 0.1) is 21.4 Å². The van der Waals surface area contributed by atoms with Gasteiger partial charge in [-0.05, 0) is 24.3 Å². The molecule has 1 heterocycles. The van der Waals surface area contributed by atoms with Crippen LogP contribution in [0.3, 0.4) is 0 Å². The number of ether oxygens (including phenoxy) is 2. The van der Waals surface area contributed by atoms with Crippen molar-refractivity contribution in [3.05, 3.63) is 109 Å². The Balaban J connectivity index is 1.73. The SMILES string of the molecule is N#CC1=C(N)Oc2cc(OC(=O)c3cc([N+](=O)[O-])ccc3Cl)ccc2C1c1c(F)cccc1Cl. The van der Waals surface area contributed by atoms with Crippen molar-refractivity contribution in [2.45, 2.75) is 5.92 Å². The van der Waals surface area contributed by atoms with Gasteiger partial charge in [0.2, 0.25) is 5.88 Å². The van der Waals surface area contributed by atoms with Crippen LogP contribution in [0.25, 0.3) is 0 Å². The Morgan fingerprint density at radius 2 is 1.94 bits per heavy atom. The molecular formula is C23H12Cl2FN3O5. The summed E-state index contributed by atoms with van der Waals surface area (Å²) in [7, 11) is 0. The molecule has 0 fully saturated rings. The largest absolute Gasteiger partial charge is 0.440 e. The number of nitrogens with two attached hydrogens (primary N) is 1. The van der Waals surface area contributed by atoms with E-state index >= 15 is 0 Å². The summed E-state index contributed by atoms with van der Waals surface area (Å²) in [6, 6.07) is 13.6. The Morgan fingerprint density at radius 1 is 1.18 bits per heavy atom. The summed E-state index contributed by atoms with van der Waals surface area (Å²) >= 11 is 12.2. The maximum atomic E-state index is 14.7. The molecule has 0 saturated heterocycles. The van der Waals surface area contributed by atoms with E-state index in [1.165, 1.54) is 42.5 Å². The molecule has 0 saturated carbocycles. The first kappa shape index (κ1) is 23.0. The van der Waals surface area contributed by atoms with Gasteiger partial charge in [-0.15, -0.1) is 0 Å². The van der Waals surface area contributed by atoms with Crippen molar-refractivity contribution in [3.8, 4) is 17.6 Å². The van der Waals surface area contributed by atoms with Gasteiger partial charge in [0.15, 0.2) is 0 Å². The standard InChI is InChI=1S/C23H12Cl2FN3O5/c24-16-7-4-11(29(31)32)8-14(16)23(30)33-12-5-6-13-19(9-12)34-22(28)15(10-27)20(13)21-17(25)2-1-3-18(21)26/h1-9,20H,28H2. The van der Waals surface area contributed by atoms with Crippen LogP contribution in [0.1, 0.15) is 27.4 Å². The number of nitriles is 1. The Kier molecular flexibility index (Phi) is 6.11. The average Bonchev–Trinajstić information content (AvgIpc) is 2.78. The Hall–Kier alpha value is -4.13. The van der Waals surface area contributed by atoms with Crippen molar-refractivity contribution in [3.63, 3.8) is 0 Å². The number of esters is 1. The van der Waals surface area contributed by atoms with Gasteiger partial charge in [-0.1, -0.05) is 35.3 Å². The van der Waals surface area contributed by atoms with Crippen LogP contribution < -0.4 is 15.2 Å².